The van der Waals surface area contributed by atoms with Crippen molar-refractivity contribution < 1.29 is 19.5 Å². The van der Waals surface area contributed by atoms with Gasteiger partial charge >= 0.3 is 12.0 Å². The van der Waals surface area contributed by atoms with Crippen molar-refractivity contribution in [2.24, 2.45) is 5.92 Å². The second kappa shape index (κ2) is 6.45. The number of terminal acetylenes is 1. The maximum Gasteiger partial charge on any atom is 0.328 e. The van der Waals surface area contributed by atoms with Crippen LogP contribution in [-0.4, -0.2) is 41.0 Å². The van der Waals surface area contributed by atoms with Gasteiger partial charge in [-0.05, 0) is 18.8 Å². The topological polar surface area (TPSA) is 86.7 Å². The van der Waals surface area contributed by atoms with E-state index in [4.69, 9.17) is 11.5 Å². The van der Waals surface area contributed by atoms with Crippen LogP contribution in [0.4, 0.5) is 4.79 Å². The van der Waals surface area contributed by atoms with Crippen molar-refractivity contribution in [3.63, 3.8) is 0 Å². The van der Waals surface area contributed by atoms with E-state index in [-0.39, 0.29) is 6.54 Å². The standard InChI is InChI=1S/C12H14N2O4/c1-2-7-14(8-9-3-4-9)12(18)13-10(15)5-6-11(16)17/h1,5-6,9H,3-4,7-8H2,(H,16,17)(H,13,15,18)/b6-5+. The number of amides is 3. The van der Waals surface area contributed by atoms with Crippen molar-refractivity contribution in [1.82, 2.24) is 10.2 Å². The van der Waals surface area contributed by atoms with E-state index in [1.807, 2.05) is 0 Å². The maximum atomic E-state index is 11.7. The summed E-state index contributed by atoms with van der Waals surface area (Å²) in [5, 5.41) is 10.4. The van der Waals surface area contributed by atoms with Crippen LogP contribution in [0.2, 0.25) is 0 Å². The van der Waals surface area contributed by atoms with Gasteiger partial charge in [-0.2, -0.15) is 0 Å². The van der Waals surface area contributed by atoms with E-state index in [1.54, 1.807) is 0 Å². The molecule has 0 radical (unpaired) electrons. The first-order chi connectivity index (χ1) is 8.52. The molecule has 0 aromatic carbocycles. The fourth-order valence-corrected chi connectivity index (χ4v) is 1.31. The SMILES string of the molecule is C#CCN(CC1CC1)C(=O)NC(=O)/C=C/C(=O)O. The fourth-order valence-electron chi connectivity index (χ4n) is 1.31. The molecule has 1 rings (SSSR count). The molecular weight excluding hydrogens is 236 g/mol. The third kappa shape index (κ3) is 5.16. The Morgan fingerprint density at radius 1 is 1.39 bits per heavy atom. The number of hydrogen-bond donors (Lipinski definition) is 2. The molecule has 0 spiro atoms. The molecule has 0 aromatic rings. The Hall–Kier alpha value is -2.29. The third-order valence-corrected chi connectivity index (χ3v) is 2.35. The predicted molar refractivity (Wildman–Crippen MR) is 63.4 cm³/mol. The maximum absolute atomic E-state index is 11.7. The summed E-state index contributed by atoms with van der Waals surface area (Å²) in [5.41, 5.74) is 0. The first-order valence-corrected chi connectivity index (χ1v) is 5.47. The van der Waals surface area contributed by atoms with Crippen LogP contribution in [0.15, 0.2) is 12.2 Å². The highest BCUT2D eigenvalue weighted by Gasteiger charge is 2.26. The molecule has 1 saturated carbocycles. The second-order valence-corrected chi connectivity index (χ2v) is 3.99. The van der Waals surface area contributed by atoms with Gasteiger partial charge in [-0.3, -0.25) is 10.1 Å². The van der Waals surface area contributed by atoms with E-state index in [1.165, 1.54) is 4.90 Å². The van der Waals surface area contributed by atoms with E-state index < -0.39 is 17.9 Å². The number of carbonyl (C=O) groups excluding carboxylic acids is 2. The average Bonchev–Trinajstić information content (AvgIpc) is 3.09. The number of carboxylic acid groups (broad SMARTS) is 1. The van der Waals surface area contributed by atoms with Crippen LogP contribution in [0.5, 0.6) is 0 Å². The molecule has 6 heteroatoms. The van der Waals surface area contributed by atoms with E-state index in [2.05, 4.69) is 11.2 Å². The summed E-state index contributed by atoms with van der Waals surface area (Å²) in [5.74, 6) is 0.768. The van der Waals surface area contributed by atoms with Gasteiger partial charge in [0.05, 0.1) is 6.54 Å². The van der Waals surface area contributed by atoms with Crippen LogP contribution in [0.1, 0.15) is 12.8 Å². The lowest BCUT2D eigenvalue weighted by molar-refractivity contribution is -0.131. The number of imide groups is 1. The van der Waals surface area contributed by atoms with Crippen LogP contribution < -0.4 is 5.32 Å². The number of urea groups is 1. The van der Waals surface area contributed by atoms with E-state index in [9.17, 15) is 14.4 Å². The summed E-state index contributed by atoms with van der Waals surface area (Å²) >= 11 is 0. The van der Waals surface area contributed by atoms with Crippen molar-refractivity contribution in [3.8, 4) is 12.3 Å². The lowest BCUT2D eigenvalue weighted by atomic mass is 10.3. The van der Waals surface area contributed by atoms with Crippen LogP contribution >= 0.6 is 0 Å². The quantitative estimate of drug-likeness (QED) is 0.539. The first kappa shape index (κ1) is 13.8. The molecule has 0 aliphatic heterocycles. The fraction of sp³-hybridized carbons (Fsp3) is 0.417. The van der Waals surface area contributed by atoms with Gasteiger partial charge in [0.25, 0.3) is 5.91 Å². The number of carbonyl (C=O) groups is 3. The monoisotopic (exact) mass is 250 g/mol. The second-order valence-electron chi connectivity index (χ2n) is 3.99. The van der Waals surface area contributed by atoms with Crippen molar-refractivity contribution in [2.75, 3.05) is 13.1 Å². The van der Waals surface area contributed by atoms with Gasteiger partial charge in [0.2, 0.25) is 0 Å². The normalized spacial score (nSPS) is 13.9. The first-order valence-electron chi connectivity index (χ1n) is 5.47. The van der Waals surface area contributed by atoms with Gasteiger partial charge < -0.3 is 10.0 Å². The number of aliphatic carboxylic acids is 1. The molecule has 96 valence electrons. The summed E-state index contributed by atoms with van der Waals surface area (Å²) in [7, 11) is 0. The average molecular weight is 250 g/mol. The molecule has 0 heterocycles. The number of hydrogen-bond acceptors (Lipinski definition) is 3. The molecule has 0 unspecified atom stereocenters. The Morgan fingerprint density at radius 2 is 2.06 bits per heavy atom. The molecule has 0 saturated heterocycles. The molecule has 0 bridgehead atoms. The zero-order valence-electron chi connectivity index (χ0n) is 9.76. The molecule has 0 atom stereocenters. The minimum absolute atomic E-state index is 0.123. The Kier molecular flexibility index (Phi) is 4.93. The predicted octanol–water partition coefficient (Wildman–Crippen LogP) is 0.209. The van der Waals surface area contributed by atoms with Crippen molar-refractivity contribution >= 4 is 17.9 Å². The van der Waals surface area contributed by atoms with E-state index >= 15 is 0 Å². The van der Waals surface area contributed by atoms with E-state index in [0.717, 1.165) is 18.9 Å². The number of nitrogens with one attached hydrogen (secondary N) is 1. The number of rotatable bonds is 5. The van der Waals surface area contributed by atoms with Gasteiger partial charge in [0.1, 0.15) is 0 Å². The molecule has 2 N–H and O–H groups in total. The molecule has 1 fully saturated rings. The largest absolute Gasteiger partial charge is 0.478 e. The van der Waals surface area contributed by atoms with Crippen LogP contribution in [0, 0.1) is 18.3 Å². The lowest BCUT2D eigenvalue weighted by Gasteiger charge is -2.19. The summed E-state index contributed by atoms with van der Waals surface area (Å²) < 4.78 is 0. The van der Waals surface area contributed by atoms with Crippen molar-refractivity contribution in [2.45, 2.75) is 12.8 Å². The molecule has 3 amide bonds. The lowest BCUT2D eigenvalue weighted by Crippen LogP contribution is -2.43. The molecule has 6 nitrogen and oxygen atoms in total. The summed E-state index contributed by atoms with van der Waals surface area (Å²) in [6.07, 6.45) is 8.70. The highest BCUT2D eigenvalue weighted by atomic mass is 16.4. The Labute approximate surface area is 105 Å². The third-order valence-electron chi connectivity index (χ3n) is 2.35. The van der Waals surface area contributed by atoms with Gasteiger partial charge in [-0.25, -0.2) is 9.59 Å². The molecular formula is C12H14N2O4. The van der Waals surface area contributed by atoms with Gasteiger partial charge in [-0.15, -0.1) is 6.42 Å². The minimum atomic E-state index is -1.25. The molecule has 0 aromatic heterocycles. The van der Waals surface area contributed by atoms with Crippen LogP contribution in [0.3, 0.4) is 0 Å². The number of nitrogens with zero attached hydrogens (tertiary/aromatic N) is 1. The van der Waals surface area contributed by atoms with Crippen molar-refractivity contribution in [1.29, 1.82) is 0 Å². The van der Waals surface area contributed by atoms with Crippen LogP contribution in [0.25, 0.3) is 0 Å². The highest BCUT2D eigenvalue weighted by Crippen LogP contribution is 2.29. The summed E-state index contributed by atoms with van der Waals surface area (Å²) in [6, 6.07) is -0.597. The van der Waals surface area contributed by atoms with Crippen LogP contribution in [-0.2, 0) is 9.59 Å². The number of carboxylic acids is 1. The zero-order chi connectivity index (χ0) is 13.5. The van der Waals surface area contributed by atoms with Gasteiger partial charge in [-0.1, -0.05) is 5.92 Å². The minimum Gasteiger partial charge on any atom is -0.478 e. The Balaban J connectivity index is 2.47. The smallest absolute Gasteiger partial charge is 0.328 e. The molecule has 18 heavy (non-hydrogen) atoms. The Bertz CT molecular complexity index is 418. The summed E-state index contributed by atoms with van der Waals surface area (Å²) in [6.45, 7) is 0.643. The highest BCUT2D eigenvalue weighted by molar-refractivity contribution is 6.02. The van der Waals surface area contributed by atoms with E-state index in [0.29, 0.717) is 18.5 Å². The molecule has 1 aliphatic carbocycles. The van der Waals surface area contributed by atoms with Crippen molar-refractivity contribution in [3.05, 3.63) is 12.2 Å². The zero-order valence-corrected chi connectivity index (χ0v) is 9.76. The Morgan fingerprint density at radius 3 is 2.56 bits per heavy atom. The molecule has 1 aliphatic rings. The van der Waals surface area contributed by atoms with Gasteiger partial charge in [0, 0.05) is 18.7 Å². The summed E-state index contributed by atoms with van der Waals surface area (Å²) in [4.78, 5) is 34.4. The van der Waals surface area contributed by atoms with Gasteiger partial charge in [0.15, 0.2) is 0 Å².